The number of fused-ring (bicyclic) bond motifs is 1. The zero-order valence-corrected chi connectivity index (χ0v) is 10.5. The minimum absolute atomic E-state index is 0.0389. The van der Waals surface area contributed by atoms with Gasteiger partial charge < -0.3 is 4.90 Å². The van der Waals surface area contributed by atoms with Crippen LogP contribution in [0.3, 0.4) is 0 Å². The smallest absolute Gasteiger partial charge is 0.332 e. The quantitative estimate of drug-likeness (QED) is 0.621. The van der Waals surface area contributed by atoms with Gasteiger partial charge in [-0.2, -0.15) is 22.0 Å². The summed E-state index contributed by atoms with van der Waals surface area (Å²) in [6, 6.07) is 0. The highest BCUT2D eigenvalue weighted by Crippen LogP contribution is 2.36. The molecule has 1 aromatic heterocycles. The van der Waals surface area contributed by atoms with E-state index in [-0.39, 0.29) is 29.5 Å². The van der Waals surface area contributed by atoms with Gasteiger partial charge in [0.15, 0.2) is 0 Å². The van der Waals surface area contributed by atoms with E-state index < -0.39 is 24.6 Å². The van der Waals surface area contributed by atoms with Crippen LogP contribution in [0.15, 0.2) is 6.20 Å². The molecule has 1 aliphatic heterocycles. The minimum atomic E-state index is -5.70. The van der Waals surface area contributed by atoms with Gasteiger partial charge in [0.05, 0.1) is 17.8 Å². The molecule has 0 saturated carbocycles. The largest absolute Gasteiger partial charge is 0.455 e. The van der Waals surface area contributed by atoms with Crippen molar-refractivity contribution in [3.8, 4) is 0 Å². The molecule has 0 atom stereocenters. The van der Waals surface area contributed by atoms with Gasteiger partial charge in [-0.25, -0.2) is 9.97 Å². The number of hydrogen-bond donors (Lipinski definition) is 0. The fraction of sp³-hybridized carbons (Fsp3) is 0.500. The van der Waals surface area contributed by atoms with Crippen LogP contribution in [0.25, 0.3) is 0 Å². The van der Waals surface area contributed by atoms with E-state index in [4.69, 9.17) is 11.6 Å². The highest BCUT2D eigenvalue weighted by molar-refractivity contribution is 6.28. The van der Waals surface area contributed by atoms with Crippen molar-refractivity contribution >= 4 is 17.5 Å². The fourth-order valence-corrected chi connectivity index (χ4v) is 1.91. The standard InChI is InChI=1S/C10H7ClF5N3O/c11-8-17-3-5-6(18-8)1-2-19(7(5)20)4-9(12,13)10(14,15)16/h3H,1-2,4H2. The third kappa shape index (κ3) is 2.67. The third-order valence-corrected chi connectivity index (χ3v) is 2.96. The lowest BCUT2D eigenvalue weighted by Crippen LogP contribution is -2.50. The Morgan fingerprint density at radius 1 is 1.30 bits per heavy atom. The monoisotopic (exact) mass is 315 g/mol. The maximum absolute atomic E-state index is 13.0. The highest BCUT2D eigenvalue weighted by atomic mass is 35.5. The van der Waals surface area contributed by atoms with Crippen LogP contribution < -0.4 is 0 Å². The van der Waals surface area contributed by atoms with Crippen molar-refractivity contribution in [2.24, 2.45) is 0 Å². The number of carbonyl (C=O) groups excluding carboxylic acids is 1. The molecule has 0 saturated heterocycles. The van der Waals surface area contributed by atoms with Crippen molar-refractivity contribution in [2.75, 3.05) is 13.1 Å². The molecule has 110 valence electrons. The first-order chi connectivity index (χ1) is 9.12. The molecule has 2 rings (SSSR count). The van der Waals surface area contributed by atoms with Gasteiger partial charge in [-0.3, -0.25) is 4.79 Å². The zero-order valence-electron chi connectivity index (χ0n) is 9.72. The lowest BCUT2D eigenvalue weighted by molar-refractivity contribution is -0.284. The molecule has 1 aliphatic rings. The summed E-state index contributed by atoms with van der Waals surface area (Å²) in [4.78, 5) is 19.5. The van der Waals surface area contributed by atoms with Gasteiger partial charge in [-0.05, 0) is 11.6 Å². The van der Waals surface area contributed by atoms with Gasteiger partial charge >= 0.3 is 12.1 Å². The lowest BCUT2D eigenvalue weighted by Gasteiger charge is -2.31. The van der Waals surface area contributed by atoms with Crippen LogP contribution >= 0.6 is 11.6 Å². The van der Waals surface area contributed by atoms with Crippen molar-refractivity contribution in [3.05, 3.63) is 22.7 Å². The second kappa shape index (κ2) is 4.80. The fourth-order valence-electron chi connectivity index (χ4n) is 1.75. The van der Waals surface area contributed by atoms with Crippen LogP contribution in [0.4, 0.5) is 22.0 Å². The Hall–Kier alpha value is -1.51. The predicted octanol–water partition coefficient (Wildman–Crippen LogP) is 2.33. The van der Waals surface area contributed by atoms with E-state index in [0.717, 1.165) is 6.20 Å². The summed E-state index contributed by atoms with van der Waals surface area (Å²) in [5.41, 5.74) is 0.125. The van der Waals surface area contributed by atoms with Crippen LogP contribution in [-0.4, -0.2) is 46.0 Å². The summed E-state index contributed by atoms with van der Waals surface area (Å²) in [5, 5.41) is -0.120. The summed E-state index contributed by atoms with van der Waals surface area (Å²) in [5.74, 6) is -5.93. The Morgan fingerprint density at radius 3 is 2.55 bits per heavy atom. The molecule has 0 N–H and O–H groups in total. The van der Waals surface area contributed by atoms with Gasteiger partial charge in [-0.15, -0.1) is 0 Å². The summed E-state index contributed by atoms with van der Waals surface area (Å²) in [7, 11) is 0. The summed E-state index contributed by atoms with van der Waals surface area (Å²) in [6.45, 7) is -2.01. The molecule has 1 amide bonds. The number of hydrogen-bond acceptors (Lipinski definition) is 3. The third-order valence-electron chi connectivity index (χ3n) is 2.78. The van der Waals surface area contributed by atoms with E-state index in [1.807, 2.05) is 0 Å². The normalized spacial score (nSPS) is 16.3. The summed E-state index contributed by atoms with van der Waals surface area (Å²) in [6.07, 6.45) is -4.65. The van der Waals surface area contributed by atoms with Crippen molar-refractivity contribution < 1.29 is 26.7 Å². The van der Waals surface area contributed by atoms with Crippen LogP contribution in [-0.2, 0) is 6.42 Å². The summed E-state index contributed by atoms with van der Waals surface area (Å²) < 4.78 is 62.3. The Balaban J connectivity index is 2.22. The molecule has 0 unspecified atom stereocenters. The van der Waals surface area contributed by atoms with E-state index >= 15 is 0 Å². The summed E-state index contributed by atoms with van der Waals surface area (Å²) >= 11 is 5.51. The molecule has 0 aliphatic carbocycles. The maximum atomic E-state index is 13.0. The van der Waals surface area contributed by atoms with E-state index in [1.54, 1.807) is 0 Å². The van der Waals surface area contributed by atoms with E-state index in [0.29, 0.717) is 4.90 Å². The SMILES string of the molecule is O=C1c2cnc(Cl)nc2CCN1CC(F)(F)C(F)(F)F. The van der Waals surface area contributed by atoms with Crippen LogP contribution in [0.2, 0.25) is 5.28 Å². The number of alkyl halides is 5. The molecule has 4 nitrogen and oxygen atoms in total. The Bertz CT molecular complexity index is 548. The molecule has 0 bridgehead atoms. The second-order valence-electron chi connectivity index (χ2n) is 4.18. The number of carbonyl (C=O) groups is 1. The van der Waals surface area contributed by atoms with Crippen molar-refractivity contribution in [1.29, 1.82) is 0 Å². The van der Waals surface area contributed by atoms with Gasteiger partial charge in [0.1, 0.15) is 0 Å². The first-order valence-electron chi connectivity index (χ1n) is 5.37. The van der Waals surface area contributed by atoms with Crippen LogP contribution in [0.1, 0.15) is 16.1 Å². The molecule has 0 spiro atoms. The maximum Gasteiger partial charge on any atom is 0.455 e. The average molecular weight is 316 g/mol. The van der Waals surface area contributed by atoms with Crippen molar-refractivity contribution in [1.82, 2.24) is 14.9 Å². The van der Waals surface area contributed by atoms with E-state index in [2.05, 4.69) is 9.97 Å². The molecule has 0 fully saturated rings. The molecule has 10 heteroatoms. The van der Waals surface area contributed by atoms with E-state index in [1.165, 1.54) is 0 Å². The van der Waals surface area contributed by atoms with Crippen molar-refractivity contribution in [3.63, 3.8) is 0 Å². The highest BCUT2D eigenvalue weighted by Gasteiger charge is 2.58. The number of rotatable bonds is 2. The number of aromatic nitrogens is 2. The van der Waals surface area contributed by atoms with Gasteiger partial charge in [-0.1, -0.05) is 0 Å². The Labute approximate surface area is 114 Å². The first-order valence-corrected chi connectivity index (χ1v) is 5.75. The molecular formula is C10H7ClF5N3O. The van der Waals surface area contributed by atoms with Gasteiger partial charge in [0.25, 0.3) is 5.91 Å². The van der Waals surface area contributed by atoms with Crippen LogP contribution in [0, 0.1) is 0 Å². The molecular weight excluding hydrogens is 309 g/mol. The Kier molecular flexibility index (Phi) is 3.57. The average Bonchev–Trinajstić information content (AvgIpc) is 2.31. The molecule has 1 aromatic rings. The topological polar surface area (TPSA) is 46.1 Å². The number of halogens is 6. The lowest BCUT2D eigenvalue weighted by atomic mass is 10.1. The van der Waals surface area contributed by atoms with Gasteiger partial charge in [0.2, 0.25) is 5.28 Å². The van der Waals surface area contributed by atoms with Crippen LogP contribution in [0.5, 0.6) is 0 Å². The molecule has 20 heavy (non-hydrogen) atoms. The minimum Gasteiger partial charge on any atom is -0.332 e. The van der Waals surface area contributed by atoms with E-state index in [9.17, 15) is 26.7 Å². The predicted molar refractivity (Wildman–Crippen MR) is 57.7 cm³/mol. The second-order valence-corrected chi connectivity index (χ2v) is 4.52. The Morgan fingerprint density at radius 2 is 1.95 bits per heavy atom. The molecule has 0 aromatic carbocycles. The number of nitrogens with zero attached hydrogens (tertiary/aromatic N) is 3. The zero-order chi connectivity index (χ0) is 15.1. The van der Waals surface area contributed by atoms with Gasteiger partial charge in [0, 0.05) is 19.2 Å². The first kappa shape index (κ1) is 14.9. The van der Waals surface area contributed by atoms with Crippen molar-refractivity contribution in [2.45, 2.75) is 18.5 Å². The molecule has 0 radical (unpaired) electrons. The molecule has 2 heterocycles. The number of amides is 1.